The number of piperidine rings is 1. The maximum absolute atomic E-state index is 13.3. The fourth-order valence-corrected chi connectivity index (χ4v) is 8.28. The van der Waals surface area contributed by atoms with Crippen molar-refractivity contribution < 1.29 is 14.3 Å². The van der Waals surface area contributed by atoms with E-state index in [4.69, 9.17) is 15.2 Å². The highest BCUT2D eigenvalue weighted by molar-refractivity contribution is 5.91. The third-order valence-corrected chi connectivity index (χ3v) is 10.8. The van der Waals surface area contributed by atoms with Gasteiger partial charge in [-0.1, -0.05) is 67.6 Å². The summed E-state index contributed by atoms with van der Waals surface area (Å²) in [6, 6.07) is 22.9. The monoisotopic (exact) mass is 669 g/mol. The van der Waals surface area contributed by atoms with E-state index < -0.39 is 5.41 Å². The minimum Gasteiger partial charge on any atom is -0.496 e. The van der Waals surface area contributed by atoms with E-state index in [0.717, 1.165) is 88.6 Å². The van der Waals surface area contributed by atoms with Crippen LogP contribution in [0.5, 0.6) is 5.75 Å². The highest BCUT2D eigenvalue weighted by atomic mass is 16.5. The maximum atomic E-state index is 13.3. The molecule has 5 rings (SSSR count). The molecule has 0 saturated carbocycles. The average molecular weight is 670 g/mol. The van der Waals surface area contributed by atoms with Crippen molar-refractivity contribution in [1.82, 2.24) is 19.7 Å². The van der Waals surface area contributed by atoms with E-state index in [2.05, 4.69) is 50.9 Å². The summed E-state index contributed by atoms with van der Waals surface area (Å²) in [7, 11) is 1.74. The van der Waals surface area contributed by atoms with Crippen molar-refractivity contribution in [2.75, 3.05) is 66.1 Å². The standard InChI is InChI=1S/C41H59N5O3/c1-3-23-46(38-20-27-45(28-21-38)32-34-31-43-22-18-39(34)48-2)25-11-6-12-29-49-30-13-24-44-26-19-37(33-44)41(40(42)47,35-14-7-4-8-15-35)36-16-9-5-10-17-36/h4-5,7-10,14-18,22,31,37-38H,3,6,11-13,19-21,23-30,32-33H2,1-2H3,(H2,42,47)/t37-/m1/s1. The van der Waals surface area contributed by atoms with Crippen LogP contribution in [0.4, 0.5) is 0 Å². The Balaban J connectivity index is 0.975. The van der Waals surface area contributed by atoms with E-state index in [0.29, 0.717) is 6.04 Å². The number of unbranched alkanes of at least 4 members (excludes halogenated alkanes) is 2. The third-order valence-electron chi connectivity index (χ3n) is 10.8. The zero-order chi connectivity index (χ0) is 34.3. The summed E-state index contributed by atoms with van der Waals surface area (Å²) >= 11 is 0. The lowest BCUT2D eigenvalue weighted by molar-refractivity contribution is -0.123. The van der Waals surface area contributed by atoms with Crippen LogP contribution in [0.2, 0.25) is 0 Å². The molecule has 2 saturated heterocycles. The molecule has 3 aromatic rings. The number of nitrogens with two attached hydrogens (primary N) is 1. The first-order valence-corrected chi connectivity index (χ1v) is 18.7. The Morgan fingerprint density at radius 2 is 1.55 bits per heavy atom. The molecule has 3 heterocycles. The second kappa shape index (κ2) is 19.2. The molecule has 2 aromatic carbocycles. The van der Waals surface area contributed by atoms with Crippen LogP contribution in [-0.4, -0.2) is 97.8 Å². The number of pyridine rings is 1. The van der Waals surface area contributed by atoms with Crippen molar-refractivity contribution >= 4 is 5.91 Å². The second-order valence-corrected chi connectivity index (χ2v) is 13.9. The molecule has 0 radical (unpaired) electrons. The van der Waals surface area contributed by atoms with Crippen LogP contribution in [0.15, 0.2) is 79.1 Å². The van der Waals surface area contributed by atoms with Crippen molar-refractivity contribution in [3.63, 3.8) is 0 Å². The molecule has 2 aliphatic rings. The molecule has 1 amide bonds. The number of carbonyl (C=O) groups is 1. The lowest BCUT2D eigenvalue weighted by Gasteiger charge is -2.38. The number of benzene rings is 2. The van der Waals surface area contributed by atoms with Crippen LogP contribution in [0.3, 0.4) is 0 Å². The Hall–Kier alpha value is -3.30. The Bertz CT molecular complexity index is 1340. The van der Waals surface area contributed by atoms with Crippen LogP contribution in [0.25, 0.3) is 0 Å². The summed E-state index contributed by atoms with van der Waals surface area (Å²) in [5.74, 6) is 0.803. The molecule has 0 spiro atoms. The van der Waals surface area contributed by atoms with Gasteiger partial charge in [-0.25, -0.2) is 0 Å². The van der Waals surface area contributed by atoms with E-state index >= 15 is 0 Å². The summed E-state index contributed by atoms with van der Waals surface area (Å²) in [4.78, 5) is 25.4. The molecule has 2 fully saturated rings. The van der Waals surface area contributed by atoms with E-state index in [1.54, 1.807) is 13.3 Å². The lowest BCUT2D eigenvalue weighted by atomic mass is 9.64. The number of amides is 1. The molecule has 0 aliphatic carbocycles. The van der Waals surface area contributed by atoms with Gasteiger partial charge in [-0.2, -0.15) is 0 Å². The van der Waals surface area contributed by atoms with Crippen molar-refractivity contribution in [1.29, 1.82) is 0 Å². The SMILES string of the molecule is CCCN(CCCCCOCCCN1CC[C@@H](C(C(N)=O)(c2ccccc2)c2ccccc2)C1)C1CCN(Cc2cnccc2OC)CC1. The van der Waals surface area contributed by atoms with E-state index in [-0.39, 0.29) is 11.8 Å². The summed E-state index contributed by atoms with van der Waals surface area (Å²) in [5.41, 5.74) is 8.60. The normalized spacial score (nSPS) is 17.9. The second-order valence-electron chi connectivity index (χ2n) is 13.9. The number of nitrogens with zero attached hydrogens (tertiary/aromatic N) is 4. The third kappa shape index (κ3) is 9.69. The zero-order valence-corrected chi connectivity index (χ0v) is 30.0. The minimum absolute atomic E-state index is 0.131. The average Bonchev–Trinajstić information content (AvgIpc) is 3.61. The summed E-state index contributed by atoms with van der Waals surface area (Å²) in [5, 5.41) is 0. The largest absolute Gasteiger partial charge is 0.496 e. The van der Waals surface area contributed by atoms with Gasteiger partial charge in [0.05, 0.1) is 7.11 Å². The molecule has 2 aliphatic heterocycles. The van der Waals surface area contributed by atoms with Crippen LogP contribution >= 0.6 is 0 Å². The van der Waals surface area contributed by atoms with E-state index in [1.165, 1.54) is 50.8 Å². The summed E-state index contributed by atoms with van der Waals surface area (Å²) in [6.07, 6.45) is 12.9. The number of methoxy groups -OCH3 is 1. The van der Waals surface area contributed by atoms with Gasteiger partial charge >= 0.3 is 0 Å². The molecule has 8 nitrogen and oxygen atoms in total. The van der Waals surface area contributed by atoms with Gasteiger partial charge in [0.2, 0.25) is 5.91 Å². The van der Waals surface area contributed by atoms with Gasteiger partial charge in [0.15, 0.2) is 0 Å². The van der Waals surface area contributed by atoms with Gasteiger partial charge in [0.25, 0.3) is 0 Å². The Labute approximate surface area is 295 Å². The van der Waals surface area contributed by atoms with Crippen LogP contribution in [-0.2, 0) is 21.5 Å². The highest BCUT2D eigenvalue weighted by Crippen LogP contribution is 2.43. The number of rotatable bonds is 20. The van der Waals surface area contributed by atoms with Crippen molar-refractivity contribution in [3.8, 4) is 5.75 Å². The number of hydrogen-bond acceptors (Lipinski definition) is 7. The topological polar surface area (TPSA) is 84.2 Å². The molecule has 1 atom stereocenters. The van der Waals surface area contributed by atoms with Gasteiger partial charge in [0.1, 0.15) is 11.2 Å². The smallest absolute Gasteiger partial charge is 0.232 e. The molecule has 8 heteroatoms. The van der Waals surface area contributed by atoms with Gasteiger partial charge in [-0.3, -0.25) is 14.7 Å². The fourth-order valence-electron chi connectivity index (χ4n) is 8.28. The first kappa shape index (κ1) is 37.0. The van der Waals surface area contributed by atoms with Crippen LogP contribution < -0.4 is 10.5 Å². The van der Waals surface area contributed by atoms with Crippen LogP contribution in [0, 0.1) is 5.92 Å². The number of ether oxygens (including phenoxy) is 2. The lowest BCUT2D eigenvalue weighted by Crippen LogP contribution is -2.49. The quantitative estimate of drug-likeness (QED) is 0.145. The zero-order valence-electron chi connectivity index (χ0n) is 30.0. The highest BCUT2D eigenvalue weighted by Gasteiger charge is 2.49. The molecular weight excluding hydrogens is 610 g/mol. The molecule has 0 bridgehead atoms. The van der Waals surface area contributed by atoms with Gasteiger partial charge in [-0.05, 0) is 107 Å². The molecule has 0 unspecified atom stereocenters. The van der Waals surface area contributed by atoms with Gasteiger partial charge in [-0.15, -0.1) is 0 Å². The van der Waals surface area contributed by atoms with Gasteiger partial charge in [0, 0.05) is 56.8 Å². The maximum Gasteiger partial charge on any atom is 0.232 e. The molecule has 2 N–H and O–H groups in total. The predicted molar refractivity (Wildman–Crippen MR) is 198 cm³/mol. The van der Waals surface area contributed by atoms with Crippen molar-refractivity contribution in [2.24, 2.45) is 11.7 Å². The molecule has 49 heavy (non-hydrogen) atoms. The van der Waals surface area contributed by atoms with Crippen molar-refractivity contribution in [2.45, 2.75) is 76.3 Å². The predicted octanol–water partition coefficient (Wildman–Crippen LogP) is 6.14. The minimum atomic E-state index is -0.827. The van der Waals surface area contributed by atoms with Gasteiger partial charge < -0.3 is 25.0 Å². The Kier molecular flexibility index (Phi) is 14.5. The number of aromatic nitrogens is 1. The van der Waals surface area contributed by atoms with Crippen LogP contribution in [0.1, 0.15) is 75.0 Å². The Morgan fingerprint density at radius 1 is 0.878 bits per heavy atom. The molecule has 1 aromatic heterocycles. The van der Waals surface area contributed by atoms with E-state index in [1.807, 2.05) is 48.7 Å². The van der Waals surface area contributed by atoms with Crippen molar-refractivity contribution in [3.05, 3.63) is 95.8 Å². The Morgan fingerprint density at radius 3 is 2.20 bits per heavy atom. The summed E-state index contributed by atoms with van der Waals surface area (Å²) in [6.45, 7) is 12.3. The summed E-state index contributed by atoms with van der Waals surface area (Å²) < 4.78 is 11.6. The first-order valence-electron chi connectivity index (χ1n) is 18.7. The number of carbonyl (C=O) groups excluding carboxylic acids is 1. The number of likely N-dealkylation sites (tertiary alicyclic amines) is 2. The number of hydrogen-bond donors (Lipinski definition) is 1. The molecular formula is C41H59N5O3. The first-order chi connectivity index (χ1) is 24.1. The number of primary amides is 1. The fraction of sp³-hybridized carbons (Fsp3) is 0.561. The van der Waals surface area contributed by atoms with E-state index in [9.17, 15) is 4.79 Å². The molecule has 266 valence electrons.